The van der Waals surface area contributed by atoms with Crippen molar-refractivity contribution in [2.45, 2.75) is 71.1 Å². The fraction of sp³-hybridized carbons (Fsp3) is 0.364. The molecule has 1 aliphatic rings. The number of carbonyl (C=O) groups excluding carboxylic acids is 3. The van der Waals surface area contributed by atoms with Crippen LogP contribution in [0.25, 0.3) is 11.1 Å². The molecule has 0 saturated carbocycles. The molecule has 3 N–H and O–H groups in total. The predicted molar refractivity (Wildman–Crippen MR) is 213 cm³/mol. The molecule has 0 fully saturated rings. The molecule has 4 aromatic carbocycles. The number of hydrogen-bond acceptors (Lipinski definition) is 7. The number of halogens is 1. The highest BCUT2D eigenvalue weighted by Crippen LogP contribution is 2.44. The van der Waals surface area contributed by atoms with Gasteiger partial charge in [-0.1, -0.05) is 91.0 Å². The molecule has 0 heterocycles. The second-order valence-electron chi connectivity index (χ2n) is 14.0. The SMILES string of the molecule is CCOC(CN(C(=O)C(Cc1ccc(F)cc1)NC(=O)C(CN(CC1c2ccccc2-c2ccccc21)C(=O)O)NC(=O)OCc1ccccc1)C(C)C)OCC. The van der Waals surface area contributed by atoms with Gasteiger partial charge in [0, 0.05) is 38.1 Å². The van der Waals surface area contributed by atoms with E-state index in [2.05, 4.69) is 10.6 Å². The van der Waals surface area contributed by atoms with E-state index in [9.17, 15) is 28.7 Å². The molecule has 0 aromatic heterocycles. The van der Waals surface area contributed by atoms with Gasteiger partial charge in [-0.3, -0.25) is 9.59 Å². The van der Waals surface area contributed by atoms with Crippen molar-refractivity contribution in [3.05, 3.63) is 131 Å². The highest BCUT2D eigenvalue weighted by molar-refractivity contribution is 5.92. The Kier molecular flexibility index (Phi) is 15.2. The maximum absolute atomic E-state index is 14.4. The minimum atomic E-state index is -1.49. The Bertz CT molecular complexity index is 1910. The first-order chi connectivity index (χ1) is 27.5. The van der Waals surface area contributed by atoms with Crippen molar-refractivity contribution in [1.82, 2.24) is 20.4 Å². The number of hydrogen-bond donors (Lipinski definition) is 3. The van der Waals surface area contributed by atoms with Crippen molar-refractivity contribution in [2.75, 3.05) is 32.8 Å². The van der Waals surface area contributed by atoms with E-state index in [-0.39, 0.29) is 38.1 Å². The number of fused-ring (bicyclic) bond motifs is 3. The monoisotopic (exact) mass is 782 g/mol. The molecular formula is C44H51FN4O8. The molecule has 302 valence electrons. The summed E-state index contributed by atoms with van der Waals surface area (Å²) in [6.07, 6.45) is -3.04. The molecule has 0 radical (unpaired) electrons. The predicted octanol–water partition coefficient (Wildman–Crippen LogP) is 6.58. The fourth-order valence-corrected chi connectivity index (χ4v) is 7.00. The van der Waals surface area contributed by atoms with Crippen molar-refractivity contribution in [2.24, 2.45) is 0 Å². The molecule has 0 saturated heterocycles. The van der Waals surface area contributed by atoms with E-state index in [1.54, 1.807) is 24.3 Å². The third-order valence-corrected chi connectivity index (χ3v) is 9.79. The van der Waals surface area contributed by atoms with Crippen LogP contribution in [0.15, 0.2) is 103 Å². The highest BCUT2D eigenvalue weighted by Gasteiger charge is 2.36. The van der Waals surface area contributed by atoms with Crippen molar-refractivity contribution >= 4 is 24.0 Å². The smallest absolute Gasteiger partial charge is 0.408 e. The number of alkyl carbamates (subject to hydrolysis) is 1. The van der Waals surface area contributed by atoms with Crippen molar-refractivity contribution in [3.8, 4) is 11.1 Å². The first-order valence-corrected chi connectivity index (χ1v) is 19.2. The fourth-order valence-electron chi connectivity index (χ4n) is 7.00. The van der Waals surface area contributed by atoms with E-state index in [4.69, 9.17) is 14.2 Å². The minimum Gasteiger partial charge on any atom is -0.465 e. The molecule has 0 spiro atoms. The molecule has 57 heavy (non-hydrogen) atoms. The molecule has 2 unspecified atom stereocenters. The summed E-state index contributed by atoms with van der Waals surface area (Å²) in [6, 6.07) is 27.0. The minimum absolute atomic E-state index is 0.0246. The standard InChI is InChI=1S/C44H51FN4O8/c1-5-55-40(56-6-2)27-49(29(3)4)42(51)38(24-30-20-22-32(45)23-21-30)46-41(50)39(47-43(52)57-28-31-14-8-7-9-15-31)26-48(44(53)54)25-37-35-18-12-10-16-33(35)34-17-11-13-19-36(34)37/h7-23,29,37-40H,5-6,24-28H2,1-4H3,(H,46,50)(H,47,52)(H,53,54). The summed E-state index contributed by atoms with van der Waals surface area (Å²) in [5, 5.41) is 16.0. The first-order valence-electron chi connectivity index (χ1n) is 19.2. The van der Waals surface area contributed by atoms with Gasteiger partial charge >= 0.3 is 12.2 Å². The van der Waals surface area contributed by atoms with Crippen molar-refractivity contribution < 1.29 is 42.9 Å². The number of amides is 4. The lowest BCUT2D eigenvalue weighted by Gasteiger charge is -2.34. The number of carbonyl (C=O) groups is 4. The maximum atomic E-state index is 14.4. The summed E-state index contributed by atoms with van der Waals surface area (Å²) in [6.45, 7) is 7.41. The van der Waals surface area contributed by atoms with E-state index in [1.807, 2.05) is 82.3 Å². The van der Waals surface area contributed by atoms with Crippen molar-refractivity contribution in [1.29, 1.82) is 0 Å². The van der Waals surface area contributed by atoms with Crippen LogP contribution in [0.3, 0.4) is 0 Å². The lowest BCUT2D eigenvalue weighted by Crippen LogP contribution is -2.59. The lowest BCUT2D eigenvalue weighted by molar-refractivity contribution is -0.163. The van der Waals surface area contributed by atoms with Crippen LogP contribution in [-0.4, -0.2) is 96.2 Å². The number of rotatable bonds is 19. The zero-order valence-electron chi connectivity index (χ0n) is 32.7. The molecule has 0 bridgehead atoms. The van der Waals surface area contributed by atoms with Crippen LogP contribution < -0.4 is 10.6 Å². The number of carboxylic acid groups (broad SMARTS) is 1. The van der Waals surface area contributed by atoms with Gasteiger partial charge in [-0.25, -0.2) is 14.0 Å². The van der Waals surface area contributed by atoms with Gasteiger partial charge < -0.3 is 39.8 Å². The van der Waals surface area contributed by atoms with Crippen LogP contribution in [0.5, 0.6) is 0 Å². The van der Waals surface area contributed by atoms with Crippen LogP contribution in [0.4, 0.5) is 14.0 Å². The molecule has 2 atom stereocenters. The molecule has 4 aromatic rings. The van der Waals surface area contributed by atoms with Crippen molar-refractivity contribution in [3.63, 3.8) is 0 Å². The van der Waals surface area contributed by atoms with E-state index < -0.39 is 54.7 Å². The molecule has 13 heteroatoms. The van der Waals surface area contributed by atoms with Crippen LogP contribution in [0.2, 0.25) is 0 Å². The number of nitrogens with one attached hydrogen (secondary N) is 2. The van der Waals surface area contributed by atoms with Crippen LogP contribution in [0, 0.1) is 5.82 Å². The quantitative estimate of drug-likeness (QED) is 0.0906. The Labute approximate surface area is 332 Å². The normalized spacial score (nSPS) is 13.0. The average molecular weight is 783 g/mol. The van der Waals surface area contributed by atoms with Gasteiger partial charge in [0.1, 0.15) is 24.5 Å². The summed E-state index contributed by atoms with van der Waals surface area (Å²) in [5.41, 5.74) is 5.13. The second-order valence-corrected chi connectivity index (χ2v) is 14.0. The first kappa shape index (κ1) is 42.4. The van der Waals surface area contributed by atoms with E-state index in [1.165, 1.54) is 29.2 Å². The van der Waals surface area contributed by atoms with Gasteiger partial charge in [-0.15, -0.1) is 0 Å². The Hall–Kier alpha value is -5.79. The Morgan fingerprint density at radius 2 is 1.32 bits per heavy atom. The average Bonchev–Trinajstić information content (AvgIpc) is 3.52. The lowest BCUT2D eigenvalue weighted by atomic mass is 9.96. The molecule has 4 amide bonds. The van der Waals surface area contributed by atoms with E-state index in [0.717, 1.165) is 27.2 Å². The van der Waals surface area contributed by atoms with E-state index in [0.29, 0.717) is 24.3 Å². The molecule has 0 aliphatic heterocycles. The molecule has 12 nitrogen and oxygen atoms in total. The third-order valence-electron chi connectivity index (χ3n) is 9.79. The third kappa shape index (κ3) is 11.4. The largest absolute Gasteiger partial charge is 0.465 e. The van der Waals surface area contributed by atoms with Crippen LogP contribution in [0.1, 0.15) is 55.9 Å². The van der Waals surface area contributed by atoms with Gasteiger partial charge in [-0.2, -0.15) is 0 Å². The summed E-state index contributed by atoms with van der Waals surface area (Å²) >= 11 is 0. The molecular weight excluding hydrogens is 732 g/mol. The number of ether oxygens (including phenoxy) is 3. The summed E-state index contributed by atoms with van der Waals surface area (Å²) in [5.74, 6) is -2.12. The highest BCUT2D eigenvalue weighted by atomic mass is 19.1. The van der Waals surface area contributed by atoms with E-state index >= 15 is 0 Å². The topological polar surface area (TPSA) is 147 Å². The maximum Gasteiger partial charge on any atom is 0.408 e. The molecule has 5 rings (SSSR count). The zero-order chi connectivity index (χ0) is 40.9. The van der Waals surface area contributed by atoms with Crippen LogP contribution >= 0.6 is 0 Å². The Balaban J connectivity index is 1.45. The van der Waals surface area contributed by atoms with Gasteiger partial charge in [0.05, 0.1) is 13.1 Å². The number of benzene rings is 4. The van der Waals surface area contributed by atoms with Gasteiger partial charge in [0.25, 0.3) is 0 Å². The summed E-state index contributed by atoms with van der Waals surface area (Å²) in [7, 11) is 0. The van der Waals surface area contributed by atoms with Gasteiger partial charge in [-0.05, 0) is 73.2 Å². The van der Waals surface area contributed by atoms with Gasteiger partial charge in [0.2, 0.25) is 11.8 Å². The second kappa shape index (κ2) is 20.4. The molecule has 1 aliphatic carbocycles. The van der Waals surface area contributed by atoms with Crippen LogP contribution in [-0.2, 0) is 36.8 Å². The Morgan fingerprint density at radius 1 is 0.737 bits per heavy atom. The summed E-state index contributed by atoms with van der Waals surface area (Å²) in [4.78, 5) is 57.8. The zero-order valence-corrected chi connectivity index (χ0v) is 32.7. The van der Waals surface area contributed by atoms with Gasteiger partial charge in [0.15, 0.2) is 6.29 Å². The number of nitrogens with zero attached hydrogens (tertiary/aromatic N) is 2. The Morgan fingerprint density at radius 3 is 1.88 bits per heavy atom. The summed E-state index contributed by atoms with van der Waals surface area (Å²) < 4.78 is 30.9.